The van der Waals surface area contributed by atoms with Gasteiger partial charge in [0.25, 0.3) is 6.33 Å². The second kappa shape index (κ2) is 8.77. The summed E-state index contributed by atoms with van der Waals surface area (Å²) in [5.41, 5.74) is 13.4. The van der Waals surface area contributed by atoms with Crippen LogP contribution in [0.1, 0.15) is 55.9 Å². The van der Waals surface area contributed by atoms with Crippen LogP contribution in [0.4, 0.5) is 0 Å². The van der Waals surface area contributed by atoms with Crippen LogP contribution >= 0.6 is 0 Å². The minimum atomic E-state index is 0.106. The van der Waals surface area contributed by atoms with Gasteiger partial charge in [0, 0.05) is 22.4 Å². The zero-order chi connectivity index (χ0) is 26.9. The minimum Gasteiger partial charge on any atom is -0.309 e. The number of aryl methyl sites for hydroxylation is 1. The fourth-order valence-corrected chi connectivity index (χ4v) is 6.93. The molecule has 0 N–H and O–H groups in total. The van der Waals surface area contributed by atoms with Crippen LogP contribution in [0.5, 0.6) is 0 Å². The molecule has 0 aliphatic heterocycles. The lowest BCUT2D eigenvalue weighted by Crippen LogP contribution is -2.32. The molecule has 0 atom stereocenters. The van der Waals surface area contributed by atoms with Crippen LogP contribution in [0, 0.1) is 6.92 Å². The number of rotatable bonds is 2. The summed E-state index contributed by atoms with van der Waals surface area (Å²) in [7, 11) is 2.14. The van der Waals surface area contributed by atoms with E-state index < -0.39 is 0 Å². The molecule has 0 fully saturated rings. The van der Waals surface area contributed by atoms with Crippen molar-refractivity contribution in [2.75, 3.05) is 0 Å². The predicted octanol–water partition coefficient (Wildman–Crippen LogP) is 8.31. The van der Waals surface area contributed by atoms with Crippen molar-refractivity contribution in [2.24, 2.45) is 7.05 Å². The number of hydrogen-bond acceptors (Lipinski definition) is 1. The SMILES string of the molecule is Cc1c(-c2c3ccc(-n4c5ccccc5c5ccccc54)cc3nc[n+]2C)cc(C(C)(C)C)c2c1CCCC2. The van der Waals surface area contributed by atoms with Crippen molar-refractivity contribution < 1.29 is 4.57 Å². The third kappa shape index (κ3) is 3.71. The first-order valence-corrected chi connectivity index (χ1v) is 14.3. The van der Waals surface area contributed by atoms with Crippen molar-refractivity contribution in [3.05, 3.63) is 101 Å². The first-order chi connectivity index (χ1) is 18.8. The van der Waals surface area contributed by atoms with Gasteiger partial charge in [0.05, 0.1) is 29.2 Å². The van der Waals surface area contributed by atoms with Crippen molar-refractivity contribution in [3.63, 3.8) is 0 Å². The van der Waals surface area contributed by atoms with Crippen LogP contribution in [0.3, 0.4) is 0 Å². The van der Waals surface area contributed by atoms with Gasteiger partial charge in [-0.15, -0.1) is 0 Å². The maximum absolute atomic E-state index is 4.94. The molecule has 0 saturated carbocycles. The molecule has 0 unspecified atom stereocenters. The highest BCUT2D eigenvalue weighted by atomic mass is 15.0. The Bertz CT molecular complexity index is 1860. The summed E-state index contributed by atoms with van der Waals surface area (Å²) in [6.07, 6.45) is 6.96. The second-order valence-corrected chi connectivity index (χ2v) is 12.3. The van der Waals surface area contributed by atoms with Crippen molar-refractivity contribution in [2.45, 2.75) is 58.8 Å². The normalized spacial score (nSPS) is 13.9. The number of hydrogen-bond donors (Lipinski definition) is 0. The summed E-state index contributed by atoms with van der Waals surface area (Å²) in [5.74, 6) is 0. The van der Waals surface area contributed by atoms with E-state index in [4.69, 9.17) is 4.98 Å². The first kappa shape index (κ1) is 24.1. The average Bonchev–Trinajstić information content (AvgIpc) is 3.27. The average molecular weight is 511 g/mol. The molecule has 0 radical (unpaired) electrons. The largest absolute Gasteiger partial charge is 0.309 e. The summed E-state index contributed by atoms with van der Waals surface area (Å²) in [6.45, 7) is 9.42. The van der Waals surface area contributed by atoms with Gasteiger partial charge in [-0.25, -0.2) is 4.57 Å². The van der Waals surface area contributed by atoms with Gasteiger partial charge < -0.3 is 4.57 Å². The Morgan fingerprint density at radius 2 is 1.41 bits per heavy atom. The molecule has 2 aromatic heterocycles. The number of fused-ring (bicyclic) bond motifs is 5. The van der Waals surface area contributed by atoms with Crippen LogP contribution in [0.2, 0.25) is 0 Å². The lowest BCUT2D eigenvalue weighted by atomic mass is 9.74. The second-order valence-electron chi connectivity index (χ2n) is 12.3. The molecule has 6 aromatic rings. The van der Waals surface area contributed by atoms with E-state index in [-0.39, 0.29) is 5.41 Å². The standard InChI is InChI=1S/C36H36N3/c1-23-25-12-6-7-13-26(25)31(36(2,3)4)21-30(23)35-29-19-18-24(20-32(29)37-22-38(35)5)39-33-16-10-8-14-27(33)28-15-9-11-17-34(28)39/h8-11,14-22H,6-7,12-13H2,1-5H3/q+1. The van der Waals surface area contributed by atoms with Crippen LogP contribution in [-0.2, 0) is 25.3 Å². The third-order valence-corrected chi connectivity index (χ3v) is 8.80. The Balaban J connectivity index is 1.48. The molecule has 1 aliphatic carbocycles. The molecule has 3 heteroatoms. The number of nitrogens with zero attached hydrogens (tertiary/aromatic N) is 3. The van der Waals surface area contributed by atoms with Gasteiger partial charge in [-0.05, 0) is 95.6 Å². The molecule has 194 valence electrons. The maximum atomic E-state index is 4.94. The van der Waals surface area contributed by atoms with Gasteiger partial charge in [-0.1, -0.05) is 57.2 Å². The topological polar surface area (TPSA) is 21.7 Å². The van der Waals surface area contributed by atoms with E-state index in [9.17, 15) is 0 Å². The van der Waals surface area contributed by atoms with Crippen molar-refractivity contribution in [1.82, 2.24) is 9.55 Å². The van der Waals surface area contributed by atoms with Crippen molar-refractivity contribution in [3.8, 4) is 16.9 Å². The summed E-state index contributed by atoms with van der Waals surface area (Å²) in [6, 6.07) is 26.7. The molecule has 39 heavy (non-hydrogen) atoms. The van der Waals surface area contributed by atoms with Crippen LogP contribution in [-0.4, -0.2) is 9.55 Å². The number of aromatic nitrogens is 3. The molecular formula is C36H36N3+. The minimum absolute atomic E-state index is 0.106. The molecule has 3 nitrogen and oxygen atoms in total. The van der Waals surface area contributed by atoms with Gasteiger partial charge in [-0.3, -0.25) is 0 Å². The zero-order valence-corrected chi connectivity index (χ0v) is 23.7. The van der Waals surface area contributed by atoms with Gasteiger partial charge >= 0.3 is 0 Å². The highest BCUT2D eigenvalue weighted by molar-refractivity contribution is 6.09. The van der Waals surface area contributed by atoms with Gasteiger partial charge in [-0.2, -0.15) is 0 Å². The van der Waals surface area contributed by atoms with E-state index in [0.29, 0.717) is 0 Å². The molecule has 7 rings (SSSR count). The summed E-state index contributed by atoms with van der Waals surface area (Å²) >= 11 is 0. The zero-order valence-electron chi connectivity index (χ0n) is 23.7. The van der Waals surface area contributed by atoms with Gasteiger partial charge in [0.1, 0.15) is 5.69 Å². The molecule has 0 saturated heterocycles. The van der Waals surface area contributed by atoms with E-state index in [0.717, 1.165) is 11.2 Å². The molecule has 0 spiro atoms. The smallest absolute Gasteiger partial charge is 0.287 e. The number of benzene rings is 4. The summed E-state index contributed by atoms with van der Waals surface area (Å²) < 4.78 is 4.59. The van der Waals surface area contributed by atoms with Crippen LogP contribution < -0.4 is 4.57 Å². The van der Waals surface area contributed by atoms with E-state index >= 15 is 0 Å². The van der Waals surface area contributed by atoms with E-state index in [1.807, 2.05) is 6.33 Å². The maximum Gasteiger partial charge on any atom is 0.287 e. The molecule has 4 aromatic carbocycles. The lowest BCUT2D eigenvalue weighted by Gasteiger charge is -2.30. The summed E-state index contributed by atoms with van der Waals surface area (Å²) in [5, 5.41) is 3.75. The van der Waals surface area contributed by atoms with Crippen LogP contribution in [0.25, 0.3) is 49.7 Å². The molecule has 0 bridgehead atoms. The van der Waals surface area contributed by atoms with Crippen LogP contribution in [0.15, 0.2) is 79.1 Å². The van der Waals surface area contributed by atoms with E-state index in [1.54, 1.807) is 11.1 Å². The monoisotopic (exact) mass is 510 g/mol. The van der Waals surface area contributed by atoms with Gasteiger partial charge in [0.2, 0.25) is 0 Å². The molecule has 1 aliphatic rings. The number of para-hydroxylation sites is 2. The quantitative estimate of drug-likeness (QED) is 0.215. The predicted molar refractivity (Wildman–Crippen MR) is 163 cm³/mol. The summed E-state index contributed by atoms with van der Waals surface area (Å²) in [4.78, 5) is 4.94. The van der Waals surface area contributed by atoms with E-state index in [1.165, 1.54) is 75.3 Å². The van der Waals surface area contributed by atoms with Crippen molar-refractivity contribution in [1.29, 1.82) is 0 Å². The van der Waals surface area contributed by atoms with Crippen molar-refractivity contribution >= 4 is 32.7 Å². The Hall–Kier alpha value is -3.98. The Labute approximate surface area is 230 Å². The Morgan fingerprint density at radius 3 is 2.08 bits per heavy atom. The third-order valence-electron chi connectivity index (χ3n) is 8.80. The fourth-order valence-electron chi connectivity index (χ4n) is 6.93. The highest BCUT2D eigenvalue weighted by Crippen LogP contribution is 2.40. The Kier molecular flexibility index (Phi) is 5.42. The molecular weight excluding hydrogens is 474 g/mol. The lowest BCUT2D eigenvalue weighted by molar-refractivity contribution is -0.662. The highest BCUT2D eigenvalue weighted by Gasteiger charge is 2.28. The van der Waals surface area contributed by atoms with Gasteiger partial charge in [0.15, 0.2) is 5.52 Å². The fraction of sp³-hybridized carbons (Fsp3) is 0.278. The Morgan fingerprint density at radius 1 is 0.769 bits per heavy atom. The molecule has 2 heterocycles. The van der Waals surface area contributed by atoms with E-state index in [2.05, 4.69) is 117 Å². The first-order valence-electron chi connectivity index (χ1n) is 14.3. The molecule has 0 amide bonds.